The molecular formula is C16H19BrN2O2S. The number of methoxy groups -OCH3 is 1. The normalized spacial score (nSPS) is 10.7. The summed E-state index contributed by atoms with van der Waals surface area (Å²) in [5.41, 5.74) is 1.05. The van der Waals surface area contributed by atoms with Crippen LogP contribution in [0.1, 0.15) is 10.4 Å². The van der Waals surface area contributed by atoms with E-state index in [4.69, 9.17) is 4.74 Å². The fourth-order valence-electron chi connectivity index (χ4n) is 2.00. The molecule has 4 nitrogen and oxygen atoms in total. The third kappa shape index (κ3) is 5.44. The van der Waals surface area contributed by atoms with E-state index in [9.17, 15) is 4.79 Å². The standard InChI is InChI=1S/C16H19BrN2O2S/c1-19(10-14-7-8-15(17)22-14)11-16(20)18-9-12-3-5-13(21-2)6-4-12/h3-8H,9-11H2,1-2H3,(H,18,20). The highest BCUT2D eigenvalue weighted by atomic mass is 79.9. The van der Waals surface area contributed by atoms with Gasteiger partial charge < -0.3 is 10.1 Å². The van der Waals surface area contributed by atoms with Gasteiger partial charge in [-0.3, -0.25) is 9.69 Å². The SMILES string of the molecule is COc1ccc(CNC(=O)CN(C)Cc2ccc(Br)s2)cc1. The number of likely N-dealkylation sites (N-methyl/N-ethyl adjacent to an activating group) is 1. The lowest BCUT2D eigenvalue weighted by molar-refractivity contribution is -0.122. The second kappa shape index (κ2) is 8.31. The van der Waals surface area contributed by atoms with Crippen LogP contribution in [0.4, 0.5) is 0 Å². The highest BCUT2D eigenvalue weighted by Crippen LogP contribution is 2.22. The van der Waals surface area contributed by atoms with E-state index in [2.05, 4.69) is 27.3 Å². The Morgan fingerprint density at radius 3 is 2.59 bits per heavy atom. The number of rotatable bonds is 7. The van der Waals surface area contributed by atoms with Gasteiger partial charge in [0.15, 0.2) is 0 Å². The molecule has 0 aliphatic rings. The van der Waals surface area contributed by atoms with Gasteiger partial charge in [0.2, 0.25) is 5.91 Å². The molecule has 2 aromatic rings. The van der Waals surface area contributed by atoms with Crippen LogP contribution < -0.4 is 10.1 Å². The second-order valence-corrected chi connectivity index (χ2v) is 7.55. The lowest BCUT2D eigenvalue weighted by atomic mass is 10.2. The van der Waals surface area contributed by atoms with Crippen LogP contribution in [0.5, 0.6) is 5.75 Å². The Morgan fingerprint density at radius 2 is 2.00 bits per heavy atom. The molecule has 0 atom stereocenters. The molecule has 1 heterocycles. The Bertz CT molecular complexity index is 613. The average Bonchev–Trinajstić information content (AvgIpc) is 2.90. The van der Waals surface area contributed by atoms with Crippen molar-refractivity contribution in [3.8, 4) is 5.75 Å². The number of nitrogens with one attached hydrogen (secondary N) is 1. The number of ether oxygens (including phenoxy) is 1. The van der Waals surface area contributed by atoms with Crippen molar-refractivity contribution in [3.05, 3.63) is 50.6 Å². The number of halogens is 1. The number of thiophene rings is 1. The molecule has 1 aromatic heterocycles. The number of carbonyl (C=O) groups excluding carboxylic acids is 1. The Hall–Kier alpha value is -1.37. The van der Waals surface area contributed by atoms with Crippen molar-refractivity contribution < 1.29 is 9.53 Å². The fourth-order valence-corrected chi connectivity index (χ4v) is 3.57. The van der Waals surface area contributed by atoms with Gasteiger partial charge in [-0.15, -0.1) is 11.3 Å². The van der Waals surface area contributed by atoms with Gasteiger partial charge >= 0.3 is 0 Å². The molecule has 0 spiro atoms. The van der Waals surface area contributed by atoms with Crippen molar-refractivity contribution >= 4 is 33.2 Å². The van der Waals surface area contributed by atoms with Crippen molar-refractivity contribution in [2.45, 2.75) is 13.1 Å². The number of nitrogens with zero attached hydrogens (tertiary/aromatic N) is 1. The molecule has 0 saturated heterocycles. The molecule has 0 aliphatic heterocycles. The van der Waals surface area contributed by atoms with Crippen LogP contribution in [-0.4, -0.2) is 31.5 Å². The van der Waals surface area contributed by atoms with Gasteiger partial charge in [0.1, 0.15) is 5.75 Å². The minimum absolute atomic E-state index is 0.0222. The van der Waals surface area contributed by atoms with Crippen molar-refractivity contribution in [1.82, 2.24) is 10.2 Å². The van der Waals surface area contributed by atoms with Crippen molar-refractivity contribution in [2.75, 3.05) is 20.7 Å². The zero-order valence-corrected chi connectivity index (χ0v) is 15.0. The lowest BCUT2D eigenvalue weighted by Gasteiger charge is -2.15. The van der Waals surface area contributed by atoms with Crippen molar-refractivity contribution in [1.29, 1.82) is 0 Å². The minimum atomic E-state index is 0.0222. The Morgan fingerprint density at radius 1 is 1.27 bits per heavy atom. The first kappa shape index (κ1) is 17.0. The molecule has 0 radical (unpaired) electrons. The molecule has 2 rings (SSSR count). The summed E-state index contributed by atoms with van der Waals surface area (Å²) < 4.78 is 6.22. The molecule has 0 aliphatic carbocycles. The van der Waals surface area contributed by atoms with Gasteiger partial charge in [-0.05, 0) is 52.8 Å². The van der Waals surface area contributed by atoms with Crippen LogP contribution in [0, 0.1) is 0 Å². The van der Waals surface area contributed by atoms with E-state index in [0.29, 0.717) is 13.1 Å². The van der Waals surface area contributed by atoms with Crippen LogP contribution in [-0.2, 0) is 17.9 Å². The third-order valence-electron chi connectivity index (χ3n) is 3.12. The smallest absolute Gasteiger partial charge is 0.234 e. The summed E-state index contributed by atoms with van der Waals surface area (Å²) in [5.74, 6) is 0.839. The first-order valence-electron chi connectivity index (χ1n) is 6.89. The van der Waals surface area contributed by atoms with E-state index in [1.54, 1.807) is 18.4 Å². The lowest BCUT2D eigenvalue weighted by Crippen LogP contribution is -2.34. The number of benzene rings is 1. The van der Waals surface area contributed by atoms with E-state index in [-0.39, 0.29) is 5.91 Å². The Labute approximate surface area is 143 Å². The van der Waals surface area contributed by atoms with Crippen LogP contribution in [0.25, 0.3) is 0 Å². The molecule has 0 saturated carbocycles. The van der Waals surface area contributed by atoms with E-state index in [1.165, 1.54) is 4.88 Å². The number of carbonyl (C=O) groups is 1. The monoisotopic (exact) mass is 382 g/mol. The highest BCUT2D eigenvalue weighted by molar-refractivity contribution is 9.11. The predicted molar refractivity (Wildman–Crippen MR) is 93.2 cm³/mol. The summed E-state index contributed by atoms with van der Waals surface area (Å²) in [6, 6.07) is 11.8. The van der Waals surface area contributed by atoms with Crippen LogP contribution >= 0.6 is 27.3 Å². The third-order valence-corrected chi connectivity index (χ3v) is 4.73. The fraction of sp³-hybridized carbons (Fsp3) is 0.312. The first-order chi connectivity index (χ1) is 10.6. The highest BCUT2D eigenvalue weighted by Gasteiger charge is 2.08. The van der Waals surface area contributed by atoms with Crippen molar-refractivity contribution in [2.24, 2.45) is 0 Å². The molecule has 0 bridgehead atoms. The largest absolute Gasteiger partial charge is 0.497 e. The zero-order chi connectivity index (χ0) is 15.9. The molecule has 1 N–H and O–H groups in total. The molecule has 6 heteroatoms. The maximum atomic E-state index is 12.0. The van der Waals surface area contributed by atoms with E-state index < -0.39 is 0 Å². The topological polar surface area (TPSA) is 41.6 Å². The van der Waals surface area contributed by atoms with Crippen molar-refractivity contribution in [3.63, 3.8) is 0 Å². The maximum absolute atomic E-state index is 12.0. The van der Waals surface area contributed by atoms with E-state index >= 15 is 0 Å². The molecule has 22 heavy (non-hydrogen) atoms. The number of hydrogen-bond acceptors (Lipinski definition) is 4. The van der Waals surface area contributed by atoms with Crippen LogP contribution in [0.3, 0.4) is 0 Å². The summed E-state index contributed by atoms with van der Waals surface area (Å²) in [6.07, 6.45) is 0. The Balaban J connectivity index is 1.74. The minimum Gasteiger partial charge on any atom is -0.497 e. The Kier molecular flexibility index (Phi) is 6.42. The average molecular weight is 383 g/mol. The maximum Gasteiger partial charge on any atom is 0.234 e. The second-order valence-electron chi connectivity index (χ2n) is 5.00. The molecule has 118 valence electrons. The summed E-state index contributed by atoms with van der Waals surface area (Å²) in [5, 5.41) is 2.93. The van der Waals surface area contributed by atoms with Gasteiger partial charge in [0, 0.05) is 18.0 Å². The molecule has 0 fully saturated rings. The molecule has 0 unspecified atom stereocenters. The first-order valence-corrected chi connectivity index (χ1v) is 8.50. The summed E-state index contributed by atoms with van der Waals surface area (Å²) in [4.78, 5) is 15.2. The van der Waals surface area contributed by atoms with Gasteiger partial charge in [0.25, 0.3) is 0 Å². The van der Waals surface area contributed by atoms with Crippen LogP contribution in [0.2, 0.25) is 0 Å². The summed E-state index contributed by atoms with van der Waals surface area (Å²) in [7, 11) is 3.58. The summed E-state index contributed by atoms with van der Waals surface area (Å²) in [6.45, 7) is 1.68. The van der Waals surface area contributed by atoms with Gasteiger partial charge in [-0.2, -0.15) is 0 Å². The predicted octanol–water partition coefficient (Wildman–Crippen LogP) is 3.27. The molecular weight excluding hydrogens is 364 g/mol. The quantitative estimate of drug-likeness (QED) is 0.798. The zero-order valence-electron chi connectivity index (χ0n) is 12.6. The van der Waals surface area contributed by atoms with E-state index in [1.807, 2.05) is 42.3 Å². The number of amides is 1. The summed E-state index contributed by atoms with van der Waals surface area (Å²) >= 11 is 5.13. The van der Waals surface area contributed by atoms with Crippen LogP contribution in [0.15, 0.2) is 40.2 Å². The van der Waals surface area contributed by atoms with Gasteiger partial charge in [-0.25, -0.2) is 0 Å². The van der Waals surface area contributed by atoms with Gasteiger partial charge in [-0.1, -0.05) is 12.1 Å². The molecule has 1 amide bonds. The molecule has 1 aromatic carbocycles. The number of hydrogen-bond donors (Lipinski definition) is 1. The van der Waals surface area contributed by atoms with Gasteiger partial charge in [0.05, 0.1) is 17.4 Å². The van der Waals surface area contributed by atoms with E-state index in [0.717, 1.165) is 21.6 Å².